The molecule has 3 unspecified atom stereocenters. The second-order valence-corrected chi connectivity index (χ2v) is 12.9. The van der Waals surface area contributed by atoms with Gasteiger partial charge in [-0.3, -0.25) is 0 Å². The Kier molecular flexibility index (Phi) is 10.4. The maximum Gasteiger partial charge on any atom is 0.410 e. The van der Waals surface area contributed by atoms with E-state index in [1.54, 1.807) is 36.3 Å². The molecule has 1 heterocycles. The summed E-state index contributed by atoms with van der Waals surface area (Å²) in [6.07, 6.45) is -0.682. The van der Waals surface area contributed by atoms with Crippen molar-refractivity contribution in [1.29, 1.82) is 0 Å². The zero-order valence-electron chi connectivity index (χ0n) is 26.2. The topological polar surface area (TPSA) is 74.3 Å². The molecule has 0 radical (unpaired) electrons. The van der Waals surface area contributed by atoms with E-state index in [-0.39, 0.29) is 30.6 Å². The fourth-order valence-electron chi connectivity index (χ4n) is 5.82. The van der Waals surface area contributed by atoms with Gasteiger partial charge in [0.05, 0.1) is 36.4 Å². The second-order valence-electron chi connectivity index (χ2n) is 12.5. The highest BCUT2D eigenvalue weighted by atomic mass is 35.5. The summed E-state index contributed by atoms with van der Waals surface area (Å²) in [7, 11) is 1.67. The predicted octanol–water partition coefficient (Wildman–Crippen LogP) is 8.03. The van der Waals surface area contributed by atoms with Crippen LogP contribution in [0.5, 0.6) is 0 Å². The molecule has 5 rings (SSSR count). The van der Waals surface area contributed by atoms with Crippen molar-refractivity contribution in [3.63, 3.8) is 0 Å². The van der Waals surface area contributed by atoms with Crippen LogP contribution < -0.4 is 0 Å². The van der Waals surface area contributed by atoms with Gasteiger partial charge in [0.15, 0.2) is 0 Å². The van der Waals surface area contributed by atoms with E-state index < -0.39 is 11.6 Å². The Balaban J connectivity index is 1.36. The fraction of sp³-hybridized carbons (Fsp3) is 0.351. The van der Waals surface area contributed by atoms with Crippen molar-refractivity contribution in [3.05, 3.63) is 118 Å². The Morgan fingerprint density at radius 3 is 2.24 bits per heavy atom. The molecule has 0 bridgehead atoms. The van der Waals surface area contributed by atoms with Crippen LogP contribution in [0.3, 0.4) is 0 Å². The monoisotopic (exact) mass is 629 g/mol. The molecule has 1 fully saturated rings. The van der Waals surface area contributed by atoms with Crippen LogP contribution in [0, 0.1) is 5.92 Å². The van der Waals surface area contributed by atoms with Gasteiger partial charge in [-0.1, -0.05) is 84.4 Å². The molecule has 0 saturated carbocycles. The van der Waals surface area contributed by atoms with E-state index in [2.05, 4.69) is 30.3 Å². The first-order chi connectivity index (χ1) is 21.6. The van der Waals surface area contributed by atoms with Crippen LogP contribution in [0.2, 0.25) is 5.02 Å². The number of carbonyl (C=O) groups is 2. The van der Waals surface area contributed by atoms with Crippen LogP contribution in [0.4, 0.5) is 4.79 Å². The van der Waals surface area contributed by atoms with Crippen LogP contribution >= 0.6 is 11.6 Å². The van der Waals surface area contributed by atoms with Crippen molar-refractivity contribution < 1.29 is 28.5 Å². The molecule has 8 heteroatoms. The summed E-state index contributed by atoms with van der Waals surface area (Å²) < 4.78 is 23.6. The highest BCUT2D eigenvalue weighted by Gasteiger charge is 2.41. The lowest BCUT2D eigenvalue weighted by molar-refractivity contribution is -0.0629. The van der Waals surface area contributed by atoms with Crippen LogP contribution in [-0.2, 0) is 32.2 Å². The molecule has 3 atom stereocenters. The zero-order valence-corrected chi connectivity index (χ0v) is 27.0. The summed E-state index contributed by atoms with van der Waals surface area (Å²) in [5, 5.41) is 2.68. The van der Waals surface area contributed by atoms with Crippen LogP contribution in [0.1, 0.15) is 53.7 Å². The Labute approximate surface area is 270 Å². The van der Waals surface area contributed by atoms with Gasteiger partial charge in [0.25, 0.3) is 0 Å². The Bertz CT molecular complexity index is 1620. The van der Waals surface area contributed by atoms with E-state index in [4.69, 9.17) is 30.5 Å². The van der Waals surface area contributed by atoms with Gasteiger partial charge in [-0.15, -0.1) is 0 Å². The minimum atomic E-state index is -0.614. The van der Waals surface area contributed by atoms with Gasteiger partial charge >= 0.3 is 12.1 Å². The number of ether oxygens (including phenoxy) is 4. The zero-order chi connectivity index (χ0) is 32.0. The van der Waals surface area contributed by atoms with E-state index >= 15 is 0 Å². The highest BCUT2D eigenvalue weighted by Crippen LogP contribution is 2.37. The van der Waals surface area contributed by atoms with Crippen LogP contribution in [0.25, 0.3) is 10.8 Å². The molecular formula is C37H40ClNO6. The van der Waals surface area contributed by atoms with Crippen molar-refractivity contribution in [3.8, 4) is 0 Å². The maximum absolute atomic E-state index is 13.2. The summed E-state index contributed by atoms with van der Waals surface area (Å²) in [5.74, 6) is -0.563. The predicted molar refractivity (Wildman–Crippen MR) is 175 cm³/mol. The third-order valence-corrected chi connectivity index (χ3v) is 8.23. The summed E-state index contributed by atoms with van der Waals surface area (Å²) in [4.78, 5) is 27.5. The average Bonchev–Trinajstić information content (AvgIpc) is 3.02. The molecule has 1 aliphatic rings. The number of piperidine rings is 1. The van der Waals surface area contributed by atoms with E-state index in [0.717, 1.165) is 22.1 Å². The van der Waals surface area contributed by atoms with Crippen molar-refractivity contribution in [2.45, 2.75) is 51.6 Å². The lowest BCUT2D eigenvalue weighted by Gasteiger charge is -2.44. The third kappa shape index (κ3) is 8.42. The number of fused-ring (bicyclic) bond motifs is 1. The molecule has 0 spiro atoms. The molecule has 45 heavy (non-hydrogen) atoms. The Hall–Kier alpha value is -3.91. The molecule has 1 saturated heterocycles. The van der Waals surface area contributed by atoms with Gasteiger partial charge in [0.2, 0.25) is 0 Å². The quantitative estimate of drug-likeness (QED) is 0.175. The van der Waals surface area contributed by atoms with Crippen molar-refractivity contribution >= 4 is 34.4 Å². The van der Waals surface area contributed by atoms with Crippen molar-refractivity contribution in [2.24, 2.45) is 5.92 Å². The lowest BCUT2D eigenvalue weighted by Crippen LogP contribution is -2.53. The normalized spacial score (nSPS) is 18.5. The number of rotatable bonds is 9. The largest absolute Gasteiger partial charge is 0.457 e. The smallest absolute Gasteiger partial charge is 0.410 e. The molecule has 7 nitrogen and oxygen atoms in total. The number of benzene rings is 4. The van der Waals surface area contributed by atoms with Crippen LogP contribution in [0.15, 0.2) is 91.0 Å². The molecule has 236 valence electrons. The van der Waals surface area contributed by atoms with E-state index in [0.29, 0.717) is 36.9 Å². The molecule has 1 amide bonds. The third-order valence-electron chi connectivity index (χ3n) is 7.90. The summed E-state index contributed by atoms with van der Waals surface area (Å²) in [5.41, 5.74) is 2.69. The van der Waals surface area contributed by atoms with Gasteiger partial charge < -0.3 is 23.8 Å². The standard InChI is InChI=1S/C37H40ClNO6/c1-37(2,3)45-36(41)39-20-30(24-42-4)34(33(21-39)43-23-26-15-16-27-9-5-6-10-29(27)19-26)28-17-13-25(14-18-28)22-44-35(40)31-11-7-8-12-32(31)38/h5-19,30,33-34H,20-24H2,1-4H3. The SMILES string of the molecule is COCC1CN(C(=O)OC(C)(C)C)CC(OCc2ccc3ccccc3c2)C1c1ccc(COC(=O)c2ccccc2Cl)cc1. The number of hydrogen-bond donors (Lipinski definition) is 0. The van der Waals surface area contributed by atoms with Gasteiger partial charge in [-0.25, -0.2) is 9.59 Å². The lowest BCUT2D eigenvalue weighted by atomic mass is 9.78. The number of methoxy groups -OCH3 is 1. The molecule has 0 N–H and O–H groups in total. The van der Waals surface area contributed by atoms with Crippen LogP contribution in [-0.4, -0.2) is 55.5 Å². The highest BCUT2D eigenvalue weighted by molar-refractivity contribution is 6.33. The molecular weight excluding hydrogens is 590 g/mol. The number of esters is 1. The number of halogens is 1. The number of hydrogen-bond acceptors (Lipinski definition) is 6. The maximum atomic E-state index is 13.2. The minimum absolute atomic E-state index is 0.0400. The van der Waals surface area contributed by atoms with Gasteiger partial charge in [0, 0.05) is 25.5 Å². The molecule has 0 aliphatic carbocycles. The summed E-state index contributed by atoms with van der Waals surface area (Å²) in [6.45, 7) is 7.40. The number of likely N-dealkylation sites (tertiary alicyclic amines) is 1. The first kappa shape index (κ1) is 32.5. The van der Waals surface area contributed by atoms with E-state index in [1.165, 1.54) is 5.39 Å². The van der Waals surface area contributed by atoms with Gasteiger partial charge in [0.1, 0.15) is 12.2 Å². The molecule has 0 aromatic heterocycles. The average molecular weight is 630 g/mol. The first-order valence-electron chi connectivity index (χ1n) is 15.2. The Morgan fingerprint density at radius 2 is 1.53 bits per heavy atom. The van der Waals surface area contributed by atoms with Gasteiger partial charge in [-0.2, -0.15) is 0 Å². The second kappa shape index (κ2) is 14.5. The molecule has 4 aromatic rings. The molecule has 4 aromatic carbocycles. The summed E-state index contributed by atoms with van der Waals surface area (Å²) >= 11 is 6.16. The van der Waals surface area contributed by atoms with E-state index in [1.807, 2.05) is 57.2 Å². The van der Waals surface area contributed by atoms with Crippen molar-refractivity contribution in [2.75, 3.05) is 26.8 Å². The minimum Gasteiger partial charge on any atom is -0.457 e. The first-order valence-corrected chi connectivity index (χ1v) is 15.6. The summed E-state index contributed by atoms with van der Waals surface area (Å²) in [6, 6.07) is 29.4. The molecule has 1 aliphatic heterocycles. The fourth-order valence-corrected chi connectivity index (χ4v) is 6.03. The van der Waals surface area contributed by atoms with Crippen molar-refractivity contribution in [1.82, 2.24) is 4.90 Å². The van der Waals surface area contributed by atoms with E-state index in [9.17, 15) is 9.59 Å². The number of carbonyl (C=O) groups excluding carboxylic acids is 2. The van der Waals surface area contributed by atoms with Gasteiger partial charge in [-0.05, 0) is 66.4 Å². The number of amides is 1. The Morgan fingerprint density at radius 1 is 0.844 bits per heavy atom. The number of nitrogens with zero attached hydrogens (tertiary/aromatic N) is 1.